The highest BCUT2D eigenvalue weighted by Crippen LogP contribution is 2.30. The molecular formula is C22H17N3O4S2. The molecule has 0 radical (unpaired) electrons. The Morgan fingerprint density at radius 1 is 0.935 bits per heavy atom. The molecule has 0 aliphatic rings. The van der Waals surface area contributed by atoms with Gasteiger partial charge < -0.3 is 0 Å². The summed E-state index contributed by atoms with van der Waals surface area (Å²) in [7, 11) is -7.89. The highest BCUT2D eigenvalue weighted by molar-refractivity contribution is 7.95. The molecule has 0 aliphatic carbocycles. The summed E-state index contributed by atoms with van der Waals surface area (Å²) >= 11 is 0. The Balaban J connectivity index is 1.78. The van der Waals surface area contributed by atoms with Gasteiger partial charge in [0.25, 0.3) is 10.0 Å². The van der Waals surface area contributed by atoms with Gasteiger partial charge in [-0.05, 0) is 42.5 Å². The number of fused-ring (bicyclic) bond motifs is 1. The molecule has 2 N–H and O–H groups in total. The standard InChI is InChI=1S/C22H17N3O4S2/c1-3-15-7-6-8-16(13-15)22-18-14-17(11-12-19(18)23-24-22)25-31(28,29)21-10-5-4-9-20(21)30(2,26)27/h1,4-14,25H,2H3,(H,23,24). The number of benzene rings is 3. The summed E-state index contributed by atoms with van der Waals surface area (Å²) < 4.78 is 52.4. The number of terminal acetylenes is 1. The van der Waals surface area contributed by atoms with Crippen molar-refractivity contribution in [2.75, 3.05) is 11.0 Å². The third-order valence-corrected chi connectivity index (χ3v) is 7.38. The van der Waals surface area contributed by atoms with E-state index in [1.807, 2.05) is 18.2 Å². The van der Waals surface area contributed by atoms with Gasteiger partial charge in [-0.3, -0.25) is 9.82 Å². The average molecular weight is 452 g/mol. The number of hydrogen-bond acceptors (Lipinski definition) is 5. The number of nitrogens with zero attached hydrogens (tertiary/aromatic N) is 1. The van der Waals surface area contributed by atoms with Gasteiger partial charge in [0.05, 0.1) is 10.4 Å². The zero-order chi connectivity index (χ0) is 22.2. The molecule has 4 aromatic rings. The lowest BCUT2D eigenvalue weighted by Crippen LogP contribution is -2.16. The topological polar surface area (TPSA) is 109 Å². The summed E-state index contributed by atoms with van der Waals surface area (Å²) in [4.78, 5) is -0.578. The SMILES string of the molecule is C#Cc1cccc(-c2n[nH]c3ccc(NS(=O)(=O)c4ccccc4S(C)(=O)=O)cc23)c1. The monoisotopic (exact) mass is 451 g/mol. The molecule has 1 heterocycles. The summed E-state index contributed by atoms with van der Waals surface area (Å²) in [5.74, 6) is 2.58. The molecular weight excluding hydrogens is 434 g/mol. The van der Waals surface area contributed by atoms with Crippen molar-refractivity contribution in [3.05, 3.63) is 72.3 Å². The maximum atomic E-state index is 13.0. The summed E-state index contributed by atoms with van der Waals surface area (Å²) in [6.07, 6.45) is 6.45. The molecule has 0 saturated carbocycles. The zero-order valence-electron chi connectivity index (χ0n) is 16.3. The number of sulfonamides is 1. The van der Waals surface area contributed by atoms with Crippen LogP contribution in [0.15, 0.2) is 76.5 Å². The Hall–Kier alpha value is -3.61. The number of sulfone groups is 1. The summed E-state index contributed by atoms with van der Waals surface area (Å²) in [6.45, 7) is 0. The number of nitrogens with one attached hydrogen (secondary N) is 2. The number of aromatic amines is 1. The minimum atomic E-state index is -4.15. The van der Waals surface area contributed by atoms with E-state index in [4.69, 9.17) is 6.42 Å². The fraction of sp³-hybridized carbons (Fsp3) is 0.0455. The molecule has 31 heavy (non-hydrogen) atoms. The number of anilines is 1. The van der Waals surface area contributed by atoms with E-state index in [-0.39, 0.29) is 15.5 Å². The minimum absolute atomic E-state index is 0.265. The van der Waals surface area contributed by atoms with Crippen LogP contribution in [0.3, 0.4) is 0 Å². The quantitative estimate of drug-likeness (QED) is 0.452. The molecule has 0 bridgehead atoms. The number of hydrogen-bond donors (Lipinski definition) is 2. The fourth-order valence-electron chi connectivity index (χ4n) is 3.24. The Kier molecular flexibility index (Phi) is 5.05. The second kappa shape index (κ2) is 7.58. The van der Waals surface area contributed by atoms with Gasteiger partial charge in [0.2, 0.25) is 0 Å². The molecule has 0 amide bonds. The highest BCUT2D eigenvalue weighted by Gasteiger charge is 2.24. The lowest BCUT2D eigenvalue weighted by molar-refractivity contribution is 0.588. The van der Waals surface area contributed by atoms with E-state index in [0.717, 1.165) is 11.8 Å². The first kappa shape index (κ1) is 20.7. The second-order valence-electron chi connectivity index (χ2n) is 6.88. The molecule has 0 aliphatic heterocycles. The van der Waals surface area contributed by atoms with Crippen LogP contribution in [0, 0.1) is 12.3 Å². The van der Waals surface area contributed by atoms with Gasteiger partial charge in [-0.2, -0.15) is 5.10 Å². The van der Waals surface area contributed by atoms with Crippen LogP contribution in [0.25, 0.3) is 22.2 Å². The zero-order valence-corrected chi connectivity index (χ0v) is 18.0. The summed E-state index contributed by atoms with van der Waals surface area (Å²) in [5, 5.41) is 7.94. The number of aromatic nitrogens is 2. The van der Waals surface area contributed by atoms with E-state index in [1.165, 1.54) is 24.3 Å². The summed E-state index contributed by atoms with van der Waals surface area (Å²) in [5.41, 5.74) is 3.07. The fourth-order valence-corrected chi connectivity index (χ4v) is 5.92. The Morgan fingerprint density at radius 3 is 2.39 bits per heavy atom. The van der Waals surface area contributed by atoms with Crippen molar-refractivity contribution in [3.63, 3.8) is 0 Å². The predicted molar refractivity (Wildman–Crippen MR) is 120 cm³/mol. The maximum Gasteiger partial charge on any atom is 0.263 e. The molecule has 0 atom stereocenters. The Morgan fingerprint density at radius 2 is 1.68 bits per heavy atom. The van der Waals surface area contributed by atoms with Crippen molar-refractivity contribution < 1.29 is 16.8 Å². The Labute approximate surface area is 180 Å². The van der Waals surface area contributed by atoms with E-state index in [0.29, 0.717) is 22.2 Å². The normalized spacial score (nSPS) is 11.9. The van der Waals surface area contributed by atoms with E-state index < -0.39 is 19.9 Å². The molecule has 3 aromatic carbocycles. The third kappa shape index (κ3) is 4.03. The van der Waals surface area contributed by atoms with Gasteiger partial charge in [0.1, 0.15) is 10.6 Å². The van der Waals surface area contributed by atoms with Crippen LogP contribution in [0.2, 0.25) is 0 Å². The predicted octanol–water partition coefficient (Wildman–Crippen LogP) is 3.42. The van der Waals surface area contributed by atoms with E-state index in [1.54, 1.807) is 24.3 Å². The molecule has 0 saturated heterocycles. The van der Waals surface area contributed by atoms with Gasteiger partial charge in [-0.15, -0.1) is 6.42 Å². The van der Waals surface area contributed by atoms with Crippen molar-refractivity contribution in [2.45, 2.75) is 9.79 Å². The van der Waals surface area contributed by atoms with E-state index in [2.05, 4.69) is 20.8 Å². The number of rotatable bonds is 5. The van der Waals surface area contributed by atoms with E-state index >= 15 is 0 Å². The van der Waals surface area contributed by atoms with Crippen molar-refractivity contribution in [3.8, 4) is 23.6 Å². The van der Waals surface area contributed by atoms with Crippen molar-refractivity contribution >= 4 is 36.5 Å². The van der Waals surface area contributed by atoms with Crippen LogP contribution in [0.1, 0.15) is 5.56 Å². The Bertz CT molecular complexity index is 1560. The summed E-state index contributed by atoms with van der Waals surface area (Å²) in [6, 6.07) is 17.7. The van der Waals surface area contributed by atoms with Gasteiger partial charge in [0, 0.05) is 28.5 Å². The minimum Gasteiger partial charge on any atom is -0.280 e. The molecule has 9 heteroatoms. The first-order valence-corrected chi connectivity index (χ1v) is 12.4. The first-order chi connectivity index (χ1) is 14.7. The van der Waals surface area contributed by atoms with Crippen LogP contribution in [-0.4, -0.2) is 33.3 Å². The average Bonchev–Trinajstić information content (AvgIpc) is 3.16. The van der Waals surface area contributed by atoms with Gasteiger partial charge >= 0.3 is 0 Å². The lowest BCUT2D eigenvalue weighted by Gasteiger charge is -2.11. The van der Waals surface area contributed by atoms with Crippen LogP contribution in [-0.2, 0) is 19.9 Å². The van der Waals surface area contributed by atoms with Gasteiger partial charge in [-0.25, -0.2) is 16.8 Å². The number of H-pyrrole nitrogens is 1. The van der Waals surface area contributed by atoms with Gasteiger partial charge in [-0.1, -0.05) is 30.2 Å². The van der Waals surface area contributed by atoms with Crippen LogP contribution >= 0.6 is 0 Å². The molecule has 0 unspecified atom stereocenters. The van der Waals surface area contributed by atoms with Gasteiger partial charge in [0.15, 0.2) is 9.84 Å². The van der Waals surface area contributed by atoms with Crippen molar-refractivity contribution in [2.24, 2.45) is 0 Å². The molecule has 7 nitrogen and oxygen atoms in total. The second-order valence-corrected chi connectivity index (χ2v) is 10.5. The molecule has 0 fully saturated rings. The maximum absolute atomic E-state index is 13.0. The van der Waals surface area contributed by atoms with Crippen LogP contribution in [0.4, 0.5) is 5.69 Å². The highest BCUT2D eigenvalue weighted by atomic mass is 32.2. The largest absolute Gasteiger partial charge is 0.280 e. The third-order valence-electron chi connectivity index (χ3n) is 4.66. The lowest BCUT2D eigenvalue weighted by atomic mass is 10.1. The van der Waals surface area contributed by atoms with Crippen molar-refractivity contribution in [1.82, 2.24) is 10.2 Å². The molecule has 4 rings (SSSR count). The molecule has 156 valence electrons. The van der Waals surface area contributed by atoms with Crippen LogP contribution in [0.5, 0.6) is 0 Å². The first-order valence-electron chi connectivity index (χ1n) is 9.06. The van der Waals surface area contributed by atoms with E-state index in [9.17, 15) is 16.8 Å². The smallest absolute Gasteiger partial charge is 0.263 e. The molecule has 0 spiro atoms. The van der Waals surface area contributed by atoms with Crippen molar-refractivity contribution in [1.29, 1.82) is 0 Å². The van der Waals surface area contributed by atoms with Crippen LogP contribution < -0.4 is 4.72 Å². The molecule has 1 aromatic heterocycles.